The van der Waals surface area contributed by atoms with Gasteiger partial charge < -0.3 is 9.30 Å². The molecule has 1 unspecified atom stereocenters. The number of hydrogen-bond donors (Lipinski definition) is 1. The third-order valence-electron chi connectivity index (χ3n) is 6.18. The van der Waals surface area contributed by atoms with Crippen molar-refractivity contribution in [2.45, 2.75) is 13.0 Å². The van der Waals surface area contributed by atoms with Gasteiger partial charge in [0.25, 0.3) is 11.8 Å². The Morgan fingerprint density at radius 3 is 2.13 bits per heavy atom. The molecule has 38 heavy (non-hydrogen) atoms. The van der Waals surface area contributed by atoms with Crippen LogP contribution in [0.3, 0.4) is 0 Å². The molecule has 0 bridgehead atoms. The van der Waals surface area contributed by atoms with Crippen LogP contribution in [0.5, 0.6) is 11.5 Å². The summed E-state index contributed by atoms with van der Waals surface area (Å²) in [6, 6.07) is 29.9. The standard InChI is InChI=1S/C30H23N3O3S2/c1-20(21-9-4-2-5-10-21)32-18-8-11-22(29(32)37)19-26-27(34)31-30(38)33(28(26)35)23-14-16-25(17-15-23)36-24-12-6-3-7-13-24/h2-20H,1H3,(H,31,34,38). The second-order valence-electron chi connectivity index (χ2n) is 8.63. The molecule has 1 aliphatic rings. The third-order valence-corrected chi connectivity index (χ3v) is 6.91. The number of rotatable bonds is 6. The van der Waals surface area contributed by atoms with E-state index in [1.54, 1.807) is 30.3 Å². The largest absolute Gasteiger partial charge is 0.457 e. The second-order valence-corrected chi connectivity index (χ2v) is 9.40. The smallest absolute Gasteiger partial charge is 0.270 e. The number of aromatic nitrogens is 1. The van der Waals surface area contributed by atoms with Crippen molar-refractivity contribution in [2.75, 3.05) is 4.90 Å². The van der Waals surface area contributed by atoms with Crippen LogP contribution >= 0.6 is 24.4 Å². The molecule has 1 aromatic heterocycles. The van der Waals surface area contributed by atoms with Crippen molar-refractivity contribution in [1.82, 2.24) is 9.88 Å². The van der Waals surface area contributed by atoms with Crippen LogP contribution in [0.15, 0.2) is 109 Å². The molecule has 0 spiro atoms. The molecule has 2 amide bonds. The molecule has 0 saturated carbocycles. The minimum atomic E-state index is -0.568. The van der Waals surface area contributed by atoms with E-state index in [9.17, 15) is 9.59 Å². The zero-order valence-electron chi connectivity index (χ0n) is 20.4. The van der Waals surface area contributed by atoms with Gasteiger partial charge in [0.1, 0.15) is 21.7 Å². The number of pyridine rings is 1. The van der Waals surface area contributed by atoms with Crippen LogP contribution in [0.2, 0.25) is 0 Å². The fourth-order valence-electron chi connectivity index (χ4n) is 4.17. The minimum absolute atomic E-state index is 0.00769. The van der Waals surface area contributed by atoms with E-state index in [0.717, 1.165) is 5.56 Å². The lowest BCUT2D eigenvalue weighted by molar-refractivity contribution is -0.122. The summed E-state index contributed by atoms with van der Waals surface area (Å²) in [5.74, 6) is 0.202. The van der Waals surface area contributed by atoms with Gasteiger partial charge in [0.15, 0.2) is 5.11 Å². The van der Waals surface area contributed by atoms with Crippen LogP contribution in [-0.2, 0) is 9.59 Å². The average molecular weight is 538 g/mol. The number of carbonyl (C=O) groups excluding carboxylic acids is 2. The quantitative estimate of drug-likeness (QED) is 0.174. The normalized spacial score (nSPS) is 15.3. The van der Waals surface area contributed by atoms with Crippen molar-refractivity contribution < 1.29 is 14.3 Å². The molecule has 5 rings (SSSR count). The van der Waals surface area contributed by atoms with E-state index in [2.05, 4.69) is 5.32 Å². The molecule has 4 aromatic rings. The van der Waals surface area contributed by atoms with Gasteiger partial charge in [-0.2, -0.15) is 0 Å². The molecule has 1 atom stereocenters. The Balaban J connectivity index is 1.43. The molecule has 1 aliphatic heterocycles. The van der Waals surface area contributed by atoms with E-state index in [-0.39, 0.29) is 16.7 Å². The topological polar surface area (TPSA) is 63.6 Å². The van der Waals surface area contributed by atoms with Crippen molar-refractivity contribution in [3.05, 3.63) is 125 Å². The first-order chi connectivity index (χ1) is 18.4. The Kier molecular flexibility index (Phi) is 7.26. The molecule has 1 N–H and O–H groups in total. The molecule has 0 aliphatic carbocycles. The summed E-state index contributed by atoms with van der Waals surface area (Å²) in [6.07, 6.45) is 3.42. The van der Waals surface area contributed by atoms with Crippen LogP contribution in [0.4, 0.5) is 5.69 Å². The predicted octanol–water partition coefficient (Wildman–Crippen LogP) is 6.45. The average Bonchev–Trinajstić information content (AvgIpc) is 2.93. The Labute approximate surface area is 230 Å². The van der Waals surface area contributed by atoms with Gasteiger partial charge in [0.05, 0.1) is 11.7 Å². The van der Waals surface area contributed by atoms with E-state index < -0.39 is 11.8 Å². The summed E-state index contributed by atoms with van der Waals surface area (Å²) in [7, 11) is 0. The van der Waals surface area contributed by atoms with Crippen molar-refractivity contribution in [1.29, 1.82) is 0 Å². The number of nitrogens with one attached hydrogen (secondary N) is 1. The fraction of sp³-hybridized carbons (Fsp3) is 0.0667. The lowest BCUT2D eigenvalue weighted by atomic mass is 10.1. The van der Waals surface area contributed by atoms with Crippen LogP contribution in [0.1, 0.15) is 24.1 Å². The van der Waals surface area contributed by atoms with E-state index in [0.29, 0.717) is 27.4 Å². The maximum absolute atomic E-state index is 13.5. The molecule has 3 aromatic carbocycles. The maximum Gasteiger partial charge on any atom is 0.270 e. The summed E-state index contributed by atoms with van der Waals surface area (Å²) < 4.78 is 8.29. The number of nitrogens with zero attached hydrogens (tertiary/aromatic N) is 2. The summed E-state index contributed by atoms with van der Waals surface area (Å²) in [6.45, 7) is 2.05. The van der Waals surface area contributed by atoms with Crippen LogP contribution < -0.4 is 15.0 Å². The minimum Gasteiger partial charge on any atom is -0.457 e. The lowest BCUT2D eigenvalue weighted by Gasteiger charge is -2.29. The molecular formula is C30H23N3O3S2. The fourth-order valence-corrected chi connectivity index (χ4v) is 4.80. The van der Waals surface area contributed by atoms with Gasteiger partial charge in [-0.05, 0) is 73.2 Å². The summed E-state index contributed by atoms with van der Waals surface area (Å²) in [4.78, 5) is 27.6. The van der Waals surface area contributed by atoms with Gasteiger partial charge in [-0.1, -0.05) is 66.8 Å². The van der Waals surface area contributed by atoms with Gasteiger partial charge in [-0.3, -0.25) is 19.8 Å². The first kappa shape index (κ1) is 25.3. The number of hydrogen-bond acceptors (Lipinski definition) is 5. The molecule has 8 heteroatoms. The van der Waals surface area contributed by atoms with Crippen LogP contribution in [0.25, 0.3) is 6.08 Å². The Morgan fingerprint density at radius 1 is 0.816 bits per heavy atom. The summed E-state index contributed by atoms with van der Waals surface area (Å²) in [5, 5.41) is 2.63. The van der Waals surface area contributed by atoms with Gasteiger partial charge in [0.2, 0.25) is 0 Å². The molecule has 1 saturated heterocycles. The van der Waals surface area contributed by atoms with Crippen molar-refractivity contribution in [3.8, 4) is 11.5 Å². The number of anilines is 1. The van der Waals surface area contributed by atoms with E-state index in [4.69, 9.17) is 29.2 Å². The number of carbonyl (C=O) groups is 2. The number of ether oxygens (including phenoxy) is 1. The maximum atomic E-state index is 13.5. The van der Waals surface area contributed by atoms with E-state index in [1.807, 2.05) is 84.4 Å². The van der Waals surface area contributed by atoms with E-state index in [1.165, 1.54) is 11.0 Å². The van der Waals surface area contributed by atoms with Crippen molar-refractivity contribution in [2.24, 2.45) is 0 Å². The molecule has 0 radical (unpaired) electrons. The van der Waals surface area contributed by atoms with E-state index >= 15 is 0 Å². The number of amides is 2. The monoisotopic (exact) mass is 537 g/mol. The van der Waals surface area contributed by atoms with Crippen LogP contribution in [-0.4, -0.2) is 21.5 Å². The highest BCUT2D eigenvalue weighted by molar-refractivity contribution is 7.80. The molecular weight excluding hydrogens is 514 g/mol. The number of thiocarbonyl (C=S) groups is 1. The highest BCUT2D eigenvalue weighted by Crippen LogP contribution is 2.27. The number of para-hydroxylation sites is 1. The Hall–Kier alpha value is -4.40. The highest BCUT2D eigenvalue weighted by atomic mass is 32.1. The Morgan fingerprint density at radius 2 is 1.45 bits per heavy atom. The van der Waals surface area contributed by atoms with Crippen molar-refractivity contribution >= 4 is 53.1 Å². The summed E-state index contributed by atoms with van der Waals surface area (Å²) >= 11 is 11.1. The molecule has 1 fully saturated rings. The SMILES string of the molecule is CC(c1ccccc1)n1cccc(C=C2C(=O)NC(=S)N(c3ccc(Oc4ccccc4)cc3)C2=O)c1=S. The van der Waals surface area contributed by atoms with Gasteiger partial charge >= 0.3 is 0 Å². The zero-order chi connectivity index (χ0) is 26.6. The van der Waals surface area contributed by atoms with Gasteiger partial charge in [-0.25, -0.2) is 0 Å². The first-order valence-electron chi connectivity index (χ1n) is 11.9. The number of benzene rings is 3. The lowest BCUT2D eigenvalue weighted by Crippen LogP contribution is -2.54. The Bertz CT molecular complexity index is 1600. The molecule has 2 heterocycles. The highest BCUT2D eigenvalue weighted by Gasteiger charge is 2.34. The molecule has 6 nitrogen and oxygen atoms in total. The van der Waals surface area contributed by atoms with Crippen molar-refractivity contribution in [3.63, 3.8) is 0 Å². The van der Waals surface area contributed by atoms with Gasteiger partial charge in [0, 0.05) is 11.8 Å². The summed E-state index contributed by atoms with van der Waals surface area (Å²) in [5.41, 5.74) is 2.13. The van der Waals surface area contributed by atoms with Crippen LogP contribution in [0, 0.1) is 4.64 Å². The third kappa shape index (κ3) is 5.18. The predicted molar refractivity (Wildman–Crippen MR) is 155 cm³/mol. The molecule has 188 valence electrons. The zero-order valence-corrected chi connectivity index (χ0v) is 22.0. The second kappa shape index (κ2) is 10.9. The first-order valence-corrected chi connectivity index (χ1v) is 12.7. The van der Waals surface area contributed by atoms with Gasteiger partial charge in [-0.15, -0.1) is 0 Å².